The van der Waals surface area contributed by atoms with Crippen LogP contribution in [0.2, 0.25) is 0 Å². The molecule has 0 aliphatic carbocycles. The van der Waals surface area contributed by atoms with Gasteiger partial charge in [-0.25, -0.2) is 0 Å². The predicted molar refractivity (Wildman–Crippen MR) is 31.1 cm³/mol. The first-order chi connectivity index (χ1) is 4.39. The molecule has 0 saturated heterocycles. The Morgan fingerprint density at radius 1 is 1.11 bits per heavy atom. The van der Waals surface area contributed by atoms with E-state index in [2.05, 4.69) is 0 Å². The van der Waals surface area contributed by atoms with Gasteiger partial charge in [0.2, 0.25) is 0 Å². The van der Waals surface area contributed by atoms with E-state index in [0.717, 1.165) is 20.4 Å². The number of hydrogen-bond donors (Lipinski definition) is 0. The third kappa shape index (κ3) is 4.07. The minimum atomic E-state index is 0.572. The maximum absolute atomic E-state index is 8.25. The predicted octanol–water partition coefficient (Wildman–Crippen LogP) is 2.25. The van der Waals surface area contributed by atoms with Gasteiger partial charge in [0.25, 0.3) is 0 Å². The molecule has 0 amide bonds. The van der Waals surface area contributed by atoms with Crippen molar-refractivity contribution in [2.24, 2.45) is 0 Å². The second kappa shape index (κ2) is 5.67. The van der Waals surface area contributed by atoms with Crippen molar-refractivity contribution in [2.45, 2.75) is 0 Å². The molecule has 0 radical (unpaired) electrons. The molecular formula is C6H6NOTi. The molecule has 1 N–H and O–H groups in total. The molecule has 1 rings (SSSR count). The molecule has 0 spiro atoms. The Bertz CT molecular complexity index is 154. The fourth-order valence-corrected chi connectivity index (χ4v) is 0.438. The van der Waals surface area contributed by atoms with Crippen LogP contribution in [0.1, 0.15) is 0 Å². The average molecular weight is 156 g/mol. The normalized spacial score (nSPS) is 7.33. The van der Waals surface area contributed by atoms with Crippen LogP contribution in [0, 0.1) is 0 Å². The van der Waals surface area contributed by atoms with E-state index in [1.54, 1.807) is 12.1 Å². The number of hydrogen-bond acceptors (Lipinski definition) is 1. The van der Waals surface area contributed by atoms with Crippen molar-refractivity contribution >= 4 is 5.69 Å². The van der Waals surface area contributed by atoms with Crippen LogP contribution in [0.4, 0.5) is 5.69 Å². The van der Waals surface area contributed by atoms with Crippen LogP contribution in [0.5, 0.6) is 0 Å². The van der Waals surface area contributed by atoms with Crippen molar-refractivity contribution in [1.29, 1.82) is 0 Å². The first-order valence-corrected chi connectivity index (χ1v) is 3.00. The first kappa shape index (κ1) is 8.53. The molecule has 1 aromatic rings. The van der Waals surface area contributed by atoms with Crippen LogP contribution in [0.3, 0.4) is 0 Å². The number of rotatable bonds is 0. The van der Waals surface area contributed by atoms with Crippen molar-refractivity contribution in [1.82, 2.24) is 0 Å². The van der Waals surface area contributed by atoms with E-state index in [0.29, 0.717) is 5.69 Å². The Labute approximate surface area is 65.8 Å². The summed E-state index contributed by atoms with van der Waals surface area (Å²) in [6.45, 7) is 0. The van der Waals surface area contributed by atoms with E-state index in [4.69, 9.17) is 9.06 Å². The van der Waals surface area contributed by atoms with E-state index in [1.807, 2.05) is 18.2 Å². The van der Waals surface area contributed by atoms with E-state index in [1.165, 1.54) is 0 Å². The van der Waals surface area contributed by atoms with Gasteiger partial charge in [-0.1, -0.05) is 30.3 Å². The molecule has 0 unspecified atom stereocenters. The van der Waals surface area contributed by atoms with Gasteiger partial charge in [-0.15, -0.1) is 5.69 Å². The monoisotopic (exact) mass is 156 g/mol. The van der Waals surface area contributed by atoms with Crippen molar-refractivity contribution < 1.29 is 23.7 Å². The molecular weight excluding hydrogens is 150 g/mol. The van der Waals surface area contributed by atoms with Crippen LogP contribution in [-0.2, 0) is 23.7 Å². The summed E-state index contributed by atoms with van der Waals surface area (Å²) < 4.78 is 8.25. The second-order valence-electron chi connectivity index (χ2n) is 1.37. The van der Waals surface area contributed by atoms with Crippen molar-refractivity contribution in [3.63, 3.8) is 0 Å². The van der Waals surface area contributed by atoms with Gasteiger partial charge < -0.3 is 5.73 Å². The molecule has 0 atom stereocenters. The van der Waals surface area contributed by atoms with Gasteiger partial charge in [0.15, 0.2) is 0 Å². The molecule has 0 saturated carbocycles. The molecule has 0 heterocycles. The van der Waals surface area contributed by atoms with Gasteiger partial charge in [-0.05, 0) is 0 Å². The van der Waals surface area contributed by atoms with Gasteiger partial charge in [0, 0.05) is 0 Å². The van der Waals surface area contributed by atoms with Gasteiger partial charge in [0.05, 0.1) is 0 Å². The fraction of sp³-hybridized carbons (Fsp3) is 0. The molecule has 1 aromatic carbocycles. The topological polar surface area (TPSA) is 40.9 Å². The molecule has 0 aromatic heterocycles. The number of nitrogens with one attached hydrogen (secondary N) is 1. The van der Waals surface area contributed by atoms with E-state index in [-0.39, 0.29) is 0 Å². The molecule has 3 heteroatoms. The Morgan fingerprint density at radius 3 is 1.78 bits per heavy atom. The molecule has 0 bridgehead atoms. The minimum absolute atomic E-state index is 0.572. The van der Waals surface area contributed by atoms with Gasteiger partial charge in [-0.3, -0.25) is 0 Å². The summed E-state index contributed by atoms with van der Waals surface area (Å²) in [5.74, 6) is 0. The zero-order valence-corrected chi connectivity index (χ0v) is 6.36. The van der Waals surface area contributed by atoms with Crippen LogP contribution < -0.4 is 0 Å². The van der Waals surface area contributed by atoms with Gasteiger partial charge in [-0.2, -0.15) is 0 Å². The Kier molecular flexibility index (Phi) is 5.37. The van der Waals surface area contributed by atoms with E-state index in [9.17, 15) is 0 Å². The average Bonchev–Trinajstić information content (AvgIpc) is 1.94. The zero-order chi connectivity index (χ0) is 7.11. The SMILES string of the molecule is [NH-]c1ccccc1.[O]=[Ti+]. The van der Waals surface area contributed by atoms with E-state index >= 15 is 0 Å². The molecule has 0 aliphatic heterocycles. The standard InChI is InChI=1S/C6H6N.O.Ti/c7-6-4-2-1-3-5-6;;/h1-5,7H;;/q-1;;+1. The van der Waals surface area contributed by atoms with Crippen LogP contribution in [-0.4, -0.2) is 0 Å². The fourth-order valence-electron chi connectivity index (χ4n) is 0.438. The summed E-state index contributed by atoms with van der Waals surface area (Å²) in [4.78, 5) is 0. The van der Waals surface area contributed by atoms with Gasteiger partial charge in [0.1, 0.15) is 0 Å². The van der Waals surface area contributed by atoms with Crippen LogP contribution in [0.25, 0.3) is 5.73 Å². The Balaban J connectivity index is 0.000000291. The first-order valence-electron chi connectivity index (χ1n) is 2.36. The van der Waals surface area contributed by atoms with Crippen LogP contribution >= 0.6 is 0 Å². The second-order valence-corrected chi connectivity index (χ2v) is 1.37. The van der Waals surface area contributed by atoms with Crippen molar-refractivity contribution in [3.05, 3.63) is 36.1 Å². The molecule has 45 valence electrons. The summed E-state index contributed by atoms with van der Waals surface area (Å²) in [6.07, 6.45) is 0. The van der Waals surface area contributed by atoms with Crippen LogP contribution in [0.15, 0.2) is 30.3 Å². The Hall–Kier alpha value is -0.466. The van der Waals surface area contributed by atoms with Crippen molar-refractivity contribution in [3.8, 4) is 0 Å². The third-order valence-electron chi connectivity index (χ3n) is 0.774. The molecule has 2 nitrogen and oxygen atoms in total. The van der Waals surface area contributed by atoms with Crippen molar-refractivity contribution in [2.75, 3.05) is 0 Å². The summed E-state index contributed by atoms with van der Waals surface area (Å²) in [5.41, 5.74) is 7.57. The van der Waals surface area contributed by atoms with Gasteiger partial charge >= 0.3 is 23.7 Å². The summed E-state index contributed by atoms with van der Waals surface area (Å²) in [5, 5.41) is 0. The summed E-state index contributed by atoms with van der Waals surface area (Å²) in [7, 11) is 0. The maximum atomic E-state index is 8.25. The summed E-state index contributed by atoms with van der Waals surface area (Å²) >= 11 is 0.750. The number of benzene rings is 1. The summed E-state index contributed by atoms with van der Waals surface area (Å²) in [6, 6.07) is 9.10. The molecule has 0 aliphatic rings. The third-order valence-corrected chi connectivity index (χ3v) is 0.774. The molecule has 9 heavy (non-hydrogen) atoms. The zero-order valence-electron chi connectivity index (χ0n) is 4.79. The molecule has 0 fully saturated rings. The quantitative estimate of drug-likeness (QED) is 0.531. The van der Waals surface area contributed by atoms with E-state index < -0.39 is 0 Å². The Morgan fingerprint density at radius 2 is 1.56 bits per heavy atom.